The first kappa shape index (κ1) is 12.2. The molecule has 0 amide bonds. The Morgan fingerprint density at radius 3 is 2.53 bits per heavy atom. The number of aryl methyl sites for hydroxylation is 1. The molecule has 0 radical (unpaired) electrons. The van der Waals surface area contributed by atoms with Gasteiger partial charge in [0, 0.05) is 24.3 Å². The van der Waals surface area contributed by atoms with Gasteiger partial charge in [-0.1, -0.05) is 13.8 Å². The van der Waals surface area contributed by atoms with Crippen LogP contribution in [0.3, 0.4) is 0 Å². The van der Waals surface area contributed by atoms with E-state index in [0.29, 0.717) is 11.8 Å². The zero-order valence-electron chi connectivity index (χ0n) is 9.50. The Kier molecular flexibility index (Phi) is 4.82. The monoisotopic (exact) mass is 227 g/mol. The Bertz CT molecular complexity index is 302. The Balaban J connectivity index is 2.62. The van der Waals surface area contributed by atoms with E-state index in [0.717, 1.165) is 17.9 Å². The Morgan fingerprint density at radius 2 is 2.00 bits per heavy atom. The molecule has 0 saturated carbocycles. The lowest BCUT2D eigenvalue weighted by atomic mass is 10.1. The van der Waals surface area contributed by atoms with E-state index in [1.807, 2.05) is 6.92 Å². The minimum absolute atomic E-state index is 0.266. The fourth-order valence-corrected chi connectivity index (χ4v) is 1.68. The highest BCUT2D eigenvalue weighted by Gasteiger charge is 2.11. The first-order valence-corrected chi connectivity index (χ1v) is 5.77. The van der Waals surface area contributed by atoms with Crippen LogP contribution in [0.15, 0.2) is 12.4 Å². The van der Waals surface area contributed by atoms with Crippen molar-refractivity contribution in [3.8, 4) is 0 Å². The minimum Gasteiger partial charge on any atom is -0.365 e. The van der Waals surface area contributed by atoms with Crippen LogP contribution >= 0.6 is 11.6 Å². The Labute approximate surface area is 96.3 Å². The maximum Gasteiger partial charge on any atom is 0.147 e. The van der Waals surface area contributed by atoms with Crippen LogP contribution in [0.4, 0.5) is 5.82 Å². The van der Waals surface area contributed by atoms with Crippen molar-refractivity contribution >= 4 is 17.4 Å². The molecular formula is C11H18ClN3. The number of aromatic nitrogens is 2. The molecule has 15 heavy (non-hydrogen) atoms. The lowest BCUT2D eigenvalue weighted by Gasteiger charge is -2.19. The van der Waals surface area contributed by atoms with Crippen LogP contribution in [0.1, 0.15) is 26.0 Å². The summed E-state index contributed by atoms with van der Waals surface area (Å²) in [5.41, 5.74) is 0.913. The van der Waals surface area contributed by atoms with Gasteiger partial charge in [-0.2, -0.15) is 0 Å². The molecule has 0 fully saturated rings. The van der Waals surface area contributed by atoms with E-state index < -0.39 is 0 Å². The van der Waals surface area contributed by atoms with E-state index in [4.69, 9.17) is 11.6 Å². The molecule has 1 heterocycles. The summed E-state index contributed by atoms with van der Waals surface area (Å²) in [7, 11) is 0. The van der Waals surface area contributed by atoms with Crippen LogP contribution in [-0.2, 0) is 0 Å². The van der Waals surface area contributed by atoms with Gasteiger partial charge in [0.05, 0.1) is 5.69 Å². The number of nitrogens with zero attached hydrogens (tertiary/aromatic N) is 2. The van der Waals surface area contributed by atoms with Crippen LogP contribution in [0, 0.1) is 12.8 Å². The van der Waals surface area contributed by atoms with Gasteiger partial charge in [-0.3, -0.25) is 4.98 Å². The first-order valence-electron chi connectivity index (χ1n) is 5.23. The number of hydrogen-bond donors (Lipinski definition) is 1. The molecule has 0 aromatic carbocycles. The molecule has 1 atom stereocenters. The molecule has 1 aromatic rings. The lowest BCUT2D eigenvalue weighted by molar-refractivity contribution is 0.541. The first-order chi connectivity index (χ1) is 7.13. The summed E-state index contributed by atoms with van der Waals surface area (Å²) in [5, 5.41) is 3.32. The van der Waals surface area contributed by atoms with Gasteiger partial charge in [0.1, 0.15) is 5.82 Å². The third-order valence-electron chi connectivity index (χ3n) is 2.16. The van der Waals surface area contributed by atoms with E-state index in [9.17, 15) is 0 Å². The van der Waals surface area contributed by atoms with Gasteiger partial charge in [0.15, 0.2) is 0 Å². The van der Waals surface area contributed by atoms with E-state index in [1.165, 1.54) is 0 Å². The molecule has 1 N–H and O–H groups in total. The summed E-state index contributed by atoms with van der Waals surface area (Å²) < 4.78 is 0. The quantitative estimate of drug-likeness (QED) is 0.787. The smallest absolute Gasteiger partial charge is 0.147 e. The van der Waals surface area contributed by atoms with Crippen LogP contribution < -0.4 is 5.32 Å². The largest absolute Gasteiger partial charge is 0.365 e. The molecule has 1 unspecified atom stereocenters. The van der Waals surface area contributed by atoms with Crippen molar-refractivity contribution in [1.82, 2.24) is 9.97 Å². The lowest BCUT2D eigenvalue weighted by Crippen LogP contribution is -2.24. The Hall–Kier alpha value is -0.830. The molecule has 0 aliphatic rings. The molecule has 1 aromatic heterocycles. The molecule has 84 valence electrons. The molecule has 4 heteroatoms. The van der Waals surface area contributed by atoms with Crippen molar-refractivity contribution < 1.29 is 0 Å². The van der Waals surface area contributed by atoms with Crippen molar-refractivity contribution in [2.75, 3.05) is 11.2 Å². The number of halogens is 1. The predicted octanol–water partition coefficient (Wildman–Crippen LogP) is 2.85. The van der Waals surface area contributed by atoms with Gasteiger partial charge < -0.3 is 5.32 Å². The summed E-state index contributed by atoms with van der Waals surface area (Å²) in [6, 6.07) is 0.266. The molecule has 3 nitrogen and oxygen atoms in total. The van der Waals surface area contributed by atoms with Crippen LogP contribution in [0.25, 0.3) is 0 Å². The number of rotatable bonds is 5. The summed E-state index contributed by atoms with van der Waals surface area (Å²) in [4.78, 5) is 8.42. The van der Waals surface area contributed by atoms with Crippen molar-refractivity contribution in [3.05, 3.63) is 18.1 Å². The number of nitrogens with one attached hydrogen (secondary N) is 1. The van der Waals surface area contributed by atoms with Gasteiger partial charge in [0.2, 0.25) is 0 Å². The number of hydrogen-bond acceptors (Lipinski definition) is 3. The maximum absolute atomic E-state index is 5.90. The molecule has 0 bridgehead atoms. The summed E-state index contributed by atoms with van der Waals surface area (Å²) in [6.45, 7) is 6.31. The van der Waals surface area contributed by atoms with Gasteiger partial charge in [0.25, 0.3) is 0 Å². The minimum atomic E-state index is 0.266. The fourth-order valence-electron chi connectivity index (χ4n) is 1.47. The number of alkyl halides is 1. The molecule has 0 aliphatic carbocycles. The second-order valence-electron chi connectivity index (χ2n) is 4.12. The zero-order chi connectivity index (χ0) is 11.3. The Morgan fingerprint density at radius 1 is 1.33 bits per heavy atom. The molecular weight excluding hydrogens is 210 g/mol. The third kappa shape index (κ3) is 4.04. The molecule has 0 aliphatic heterocycles. The average molecular weight is 228 g/mol. The van der Waals surface area contributed by atoms with Gasteiger partial charge in [-0.05, 0) is 19.3 Å². The van der Waals surface area contributed by atoms with Crippen molar-refractivity contribution in [1.29, 1.82) is 0 Å². The highest BCUT2D eigenvalue weighted by molar-refractivity contribution is 6.18. The van der Waals surface area contributed by atoms with Gasteiger partial charge >= 0.3 is 0 Å². The summed E-state index contributed by atoms with van der Waals surface area (Å²) in [6.07, 6.45) is 4.42. The normalized spacial score (nSPS) is 12.9. The standard InChI is InChI=1S/C11H18ClN3/c1-8(2)6-10(7-12)15-11-9(3)13-4-5-14-11/h4-5,8,10H,6-7H2,1-3H3,(H,14,15). The maximum atomic E-state index is 5.90. The van der Waals surface area contributed by atoms with Gasteiger partial charge in [-0.15, -0.1) is 11.6 Å². The third-order valence-corrected chi connectivity index (χ3v) is 2.54. The van der Waals surface area contributed by atoms with E-state index in [1.54, 1.807) is 12.4 Å². The topological polar surface area (TPSA) is 37.8 Å². The van der Waals surface area contributed by atoms with Crippen LogP contribution in [0.5, 0.6) is 0 Å². The molecule has 0 saturated heterocycles. The second kappa shape index (κ2) is 5.91. The zero-order valence-corrected chi connectivity index (χ0v) is 10.3. The summed E-state index contributed by atoms with van der Waals surface area (Å²) >= 11 is 5.90. The van der Waals surface area contributed by atoms with Crippen LogP contribution in [0.2, 0.25) is 0 Å². The van der Waals surface area contributed by atoms with Gasteiger partial charge in [-0.25, -0.2) is 4.98 Å². The number of anilines is 1. The molecule has 0 spiro atoms. The summed E-state index contributed by atoms with van der Waals surface area (Å²) in [5.74, 6) is 2.05. The SMILES string of the molecule is Cc1nccnc1NC(CCl)CC(C)C. The fraction of sp³-hybridized carbons (Fsp3) is 0.636. The highest BCUT2D eigenvalue weighted by Crippen LogP contribution is 2.13. The second-order valence-corrected chi connectivity index (χ2v) is 4.42. The average Bonchev–Trinajstić information content (AvgIpc) is 2.19. The van der Waals surface area contributed by atoms with Crippen molar-refractivity contribution in [3.63, 3.8) is 0 Å². The van der Waals surface area contributed by atoms with Crippen LogP contribution in [-0.4, -0.2) is 21.9 Å². The molecule has 1 rings (SSSR count). The van der Waals surface area contributed by atoms with E-state index >= 15 is 0 Å². The van der Waals surface area contributed by atoms with E-state index in [-0.39, 0.29) is 6.04 Å². The van der Waals surface area contributed by atoms with Crippen molar-refractivity contribution in [2.45, 2.75) is 33.2 Å². The predicted molar refractivity (Wildman–Crippen MR) is 64.4 cm³/mol. The van der Waals surface area contributed by atoms with Crippen molar-refractivity contribution in [2.24, 2.45) is 5.92 Å². The van der Waals surface area contributed by atoms with E-state index in [2.05, 4.69) is 29.1 Å². The highest BCUT2D eigenvalue weighted by atomic mass is 35.5.